The summed E-state index contributed by atoms with van der Waals surface area (Å²) >= 11 is 0. The molecule has 3 heteroatoms. The zero-order valence-corrected chi connectivity index (χ0v) is 8.52. The van der Waals surface area contributed by atoms with Crippen molar-refractivity contribution in [3.8, 4) is 6.07 Å². The van der Waals surface area contributed by atoms with Gasteiger partial charge in [-0.25, -0.2) is 0 Å². The molecule has 15 heavy (non-hydrogen) atoms. The zero-order valence-electron chi connectivity index (χ0n) is 8.52. The van der Waals surface area contributed by atoms with E-state index in [9.17, 15) is 0 Å². The Balaban J connectivity index is 2.00. The number of para-hydroxylation sites is 1. The third kappa shape index (κ3) is 2.48. The van der Waals surface area contributed by atoms with E-state index in [1.807, 2.05) is 30.3 Å². The smallest absolute Gasteiger partial charge is 0.141 e. The zero-order chi connectivity index (χ0) is 10.5. The topological polar surface area (TPSA) is 45.0 Å². The first kappa shape index (κ1) is 10.0. The third-order valence-electron chi connectivity index (χ3n) is 2.57. The molecule has 3 nitrogen and oxygen atoms in total. The summed E-state index contributed by atoms with van der Waals surface area (Å²) < 4.78 is 5.49. The lowest BCUT2D eigenvalue weighted by atomic mass is 10.1. The van der Waals surface area contributed by atoms with Gasteiger partial charge in [-0.05, 0) is 25.0 Å². The highest BCUT2D eigenvalue weighted by Crippen LogP contribution is 2.18. The SMILES string of the molecule is N#CC(Nc1ccccc1)C1CCCO1. The number of hydrogen-bond donors (Lipinski definition) is 1. The van der Waals surface area contributed by atoms with Gasteiger partial charge in [-0.1, -0.05) is 18.2 Å². The number of hydrogen-bond acceptors (Lipinski definition) is 3. The van der Waals surface area contributed by atoms with E-state index in [2.05, 4.69) is 11.4 Å². The average Bonchev–Trinajstić information content (AvgIpc) is 2.81. The molecular weight excluding hydrogens is 188 g/mol. The second-order valence-electron chi connectivity index (χ2n) is 3.67. The molecule has 0 bridgehead atoms. The van der Waals surface area contributed by atoms with Crippen molar-refractivity contribution < 1.29 is 4.74 Å². The van der Waals surface area contributed by atoms with Gasteiger partial charge in [0.2, 0.25) is 0 Å². The van der Waals surface area contributed by atoms with E-state index in [0.29, 0.717) is 0 Å². The fourth-order valence-corrected chi connectivity index (χ4v) is 1.79. The maximum atomic E-state index is 9.06. The van der Waals surface area contributed by atoms with Gasteiger partial charge in [-0.15, -0.1) is 0 Å². The number of nitrogens with zero attached hydrogens (tertiary/aromatic N) is 1. The number of benzene rings is 1. The van der Waals surface area contributed by atoms with E-state index in [4.69, 9.17) is 10.00 Å². The maximum Gasteiger partial charge on any atom is 0.141 e. The molecule has 1 saturated heterocycles. The first-order valence-electron chi connectivity index (χ1n) is 5.23. The number of rotatable bonds is 3. The Morgan fingerprint density at radius 1 is 1.40 bits per heavy atom. The lowest BCUT2D eigenvalue weighted by Gasteiger charge is -2.18. The molecule has 1 fully saturated rings. The Morgan fingerprint density at radius 2 is 2.20 bits per heavy atom. The van der Waals surface area contributed by atoms with Crippen LogP contribution in [0, 0.1) is 11.3 Å². The second-order valence-corrected chi connectivity index (χ2v) is 3.67. The average molecular weight is 202 g/mol. The molecule has 2 atom stereocenters. The summed E-state index contributed by atoms with van der Waals surface area (Å²) in [4.78, 5) is 0. The van der Waals surface area contributed by atoms with Crippen LogP contribution in [-0.2, 0) is 4.74 Å². The molecular formula is C12H14N2O. The molecule has 1 aromatic carbocycles. The second kappa shape index (κ2) is 4.81. The predicted octanol–water partition coefficient (Wildman–Crippen LogP) is 2.17. The summed E-state index contributed by atoms with van der Waals surface area (Å²) in [5.74, 6) is 0. The number of anilines is 1. The van der Waals surface area contributed by atoms with Gasteiger partial charge < -0.3 is 10.1 Å². The Labute approximate surface area is 89.7 Å². The van der Waals surface area contributed by atoms with Crippen molar-refractivity contribution in [1.29, 1.82) is 5.26 Å². The minimum Gasteiger partial charge on any atom is -0.375 e. The standard InChI is InChI=1S/C12H14N2O/c13-9-11(12-7-4-8-15-12)14-10-5-2-1-3-6-10/h1-3,5-6,11-12,14H,4,7-8H2. The summed E-state index contributed by atoms with van der Waals surface area (Å²) in [5.41, 5.74) is 0.972. The molecule has 0 saturated carbocycles. The van der Waals surface area contributed by atoms with Crippen molar-refractivity contribution >= 4 is 5.69 Å². The molecule has 0 aliphatic carbocycles. The van der Waals surface area contributed by atoms with Gasteiger partial charge in [0, 0.05) is 12.3 Å². The van der Waals surface area contributed by atoms with Crippen LogP contribution in [0.3, 0.4) is 0 Å². The summed E-state index contributed by atoms with van der Waals surface area (Å²) in [6, 6.07) is 11.8. The van der Waals surface area contributed by atoms with Crippen LogP contribution in [0.1, 0.15) is 12.8 Å². The monoisotopic (exact) mass is 202 g/mol. The summed E-state index contributed by atoms with van der Waals surface area (Å²) in [6.45, 7) is 0.777. The van der Waals surface area contributed by atoms with E-state index < -0.39 is 0 Å². The van der Waals surface area contributed by atoms with Gasteiger partial charge in [0.1, 0.15) is 6.04 Å². The van der Waals surface area contributed by atoms with Crippen LogP contribution in [0.4, 0.5) is 5.69 Å². The van der Waals surface area contributed by atoms with Crippen LogP contribution >= 0.6 is 0 Å². The van der Waals surface area contributed by atoms with E-state index in [-0.39, 0.29) is 12.1 Å². The lowest BCUT2D eigenvalue weighted by Crippen LogP contribution is -2.31. The summed E-state index contributed by atoms with van der Waals surface area (Å²) in [5, 5.41) is 12.2. The van der Waals surface area contributed by atoms with Gasteiger partial charge in [-0.2, -0.15) is 5.26 Å². The largest absolute Gasteiger partial charge is 0.375 e. The van der Waals surface area contributed by atoms with E-state index >= 15 is 0 Å². The number of nitrogens with one attached hydrogen (secondary N) is 1. The van der Waals surface area contributed by atoms with Crippen molar-refractivity contribution in [2.75, 3.05) is 11.9 Å². The predicted molar refractivity (Wildman–Crippen MR) is 58.4 cm³/mol. The normalized spacial score (nSPS) is 21.9. The Morgan fingerprint density at radius 3 is 2.80 bits per heavy atom. The van der Waals surface area contributed by atoms with E-state index in [1.54, 1.807) is 0 Å². The fourth-order valence-electron chi connectivity index (χ4n) is 1.79. The molecule has 0 radical (unpaired) electrons. The number of nitriles is 1. The Bertz CT molecular complexity index is 338. The first-order chi connectivity index (χ1) is 7.40. The van der Waals surface area contributed by atoms with Crippen LogP contribution in [-0.4, -0.2) is 18.8 Å². The van der Waals surface area contributed by atoms with Crippen LogP contribution in [0.2, 0.25) is 0 Å². The van der Waals surface area contributed by atoms with Crippen LogP contribution < -0.4 is 5.32 Å². The van der Waals surface area contributed by atoms with Crippen molar-refractivity contribution in [2.24, 2.45) is 0 Å². The van der Waals surface area contributed by atoms with E-state index in [0.717, 1.165) is 25.1 Å². The molecule has 78 valence electrons. The summed E-state index contributed by atoms with van der Waals surface area (Å²) in [7, 11) is 0. The molecule has 1 aliphatic rings. The first-order valence-corrected chi connectivity index (χ1v) is 5.23. The van der Waals surface area contributed by atoms with Crippen molar-refractivity contribution in [3.63, 3.8) is 0 Å². The lowest BCUT2D eigenvalue weighted by molar-refractivity contribution is 0.107. The molecule has 2 unspecified atom stereocenters. The highest BCUT2D eigenvalue weighted by atomic mass is 16.5. The molecule has 1 N–H and O–H groups in total. The van der Waals surface area contributed by atoms with Crippen LogP contribution in [0.25, 0.3) is 0 Å². The van der Waals surface area contributed by atoms with Crippen LogP contribution in [0.5, 0.6) is 0 Å². The highest BCUT2D eigenvalue weighted by Gasteiger charge is 2.25. The third-order valence-corrected chi connectivity index (χ3v) is 2.57. The Kier molecular flexibility index (Phi) is 3.21. The Hall–Kier alpha value is -1.53. The quantitative estimate of drug-likeness (QED) is 0.817. The fraction of sp³-hybridized carbons (Fsp3) is 0.417. The molecule has 0 aromatic heterocycles. The molecule has 2 rings (SSSR count). The summed E-state index contributed by atoms with van der Waals surface area (Å²) in [6.07, 6.45) is 2.06. The number of ether oxygens (including phenoxy) is 1. The van der Waals surface area contributed by atoms with Crippen molar-refractivity contribution in [3.05, 3.63) is 30.3 Å². The van der Waals surface area contributed by atoms with Crippen molar-refractivity contribution in [1.82, 2.24) is 0 Å². The molecule has 1 heterocycles. The van der Waals surface area contributed by atoms with Crippen LogP contribution in [0.15, 0.2) is 30.3 Å². The van der Waals surface area contributed by atoms with Gasteiger partial charge >= 0.3 is 0 Å². The minimum absolute atomic E-state index is 0.0372. The maximum absolute atomic E-state index is 9.06. The van der Waals surface area contributed by atoms with E-state index in [1.165, 1.54) is 0 Å². The van der Waals surface area contributed by atoms with Gasteiger partial charge in [0.05, 0.1) is 12.2 Å². The van der Waals surface area contributed by atoms with Crippen molar-refractivity contribution in [2.45, 2.75) is 25.0 Å². The van der Waals surface area contributed by atoms with Gasteiger partial charge in [0.15, 0.2) is 0 Å². The highest BCUT2D eigenvalue weighted by molar-refractivity contribution is 5.45. The molecule has 1 aliphatic heterocycles. The minimum atomic E-state index is -0.241. The van der Waals surface area contributed by atoms with Gasteiger partial charge in [0.25, 0.3) is 0 Å². The van der Waals surface area contributed by atoms with Gasteiger partial charge in [-0.3, -0.25) is 0 Å². The molecule has 0 spiro atoms. The molecule has 0 amide bonds. The molecule has 1 aromatic rings.